The Morgan fingerprint density at radius 2 is 2.23 bits per heavy atom. The van der Waals surface area contributed by atoms with Crippen molar-refractivity contribution in [3.8, 4) is 11.5 Å². The van der Waals surface area contributed by atoms with E-state index >= 15 is 0 Å². The third-order valence-electron chi connectivity index (χ3n) is 1.70. The highest BCUT2D eigenvalue weighted by Gasteiger charge is 2.22. The molecular weight excluding hydrogens is 198 g/mol. The summed E-state index contributed by atoms with van der Waals surface area (Å²) in [6.45, 7) is 0.375. The summed E-state index contributed by atoms with van der Waals surface area (Å²) in [6, 6.07) is 1.08. The first-order chi connectivity index (χ1) is 6.20. The molecular formula is C8H6F2O2S. The Hall–Kier alpha value is -0.970. The van der Waals surface area contributed by atoms with Crippen molar-refractivity contribution in [3.05, 3.63) is 17.7 Å². The summed E-state index contributed by atoms with van der Waals surface area (Å²) in [5.41, 5.74) is 0. The van der Waals surface area contributed by atoms with Gasteiger partial charge in [-0.2, -0.15) is 4.39 Å². The Kier molecular flexibility index (Phi) is 2.03. The van der Waals surface area contributed by atoms with Gasteiger partial charge in [-0.1, -0.05) is 0 Å². The fourth-order valence-electron chi connectivity index (χ4n) is 1.11. The molecule has 70 valence electrons. The van der Waals surface area contributed by atoms with Gasteiger partial charge in [0, 0.05) is 5.75 Å². The molecule has 2 nitrogen and oxygen atoms in total. The molecule has 13 heavy (non-hydrogen) atoms. The van der Waals surface area contributed by atoms with E-state index in [1.807, 2.05) is 0 Å². The highest BCUT2D eigenvalue weighted by molar-refractivity contribution is 7.99. The molecule has 1 aliphatic rings. The largest absolute Gasteiger partial charge is 0.503 e. The molecule has 1 aliphatic heterocycles. The van der Waals surface area contributed by atoms with Gasteiger partial charge in [-0.15, -0.1) is 11.8 Å². The topological polar surface area (TPSA) is 29.5 Å². The third kappa shape index (κ3) is 1.33. The van der Waals surface area contributed by atoms with E-state index in [2.05, 4.69) is 0 Å². The lowest BCUT2D eigenvalue weighted by Crippen LogP contribution is -2.08. The van der Waals surface area contributed by atoms with Crippen LogP contribution in [0.15, 0.2) is 11.0 Å². The van der Waals surface area contributed by atoms with Crippen LogP contribution in [0.4, 0.5) is 8.78 Å². The number of thioether (sulfide) groups is 1. The van der Waals surface area contributed by atoms with E-state index in [9.17, 15) is 8.78 Å². The number of rotatable bonds is 0. The van der Waals surface area contributed by atoms with Gasteiger partial charge in [-0.3, -0.25) is 0 Å². The Morgan fingerprint density at radius 3 is 3.00 bits per heavy atom. The van der Waals surface area contributed by atoms with E-state index in [1.54, 1.807) is 0 Å². The first-order valence-corrected chi connectivity index (χ1v) is 4.65. The molecule has 0 spiro atoms. The number of hydrogen-bond acceptors (Lipinski definition) is 3. The molecule has 0 saturated heterocycles. The average Bonchev–Trinajstić information content (AvgIpc) is 2.15. The van der Waals surface area contributed by atoms with E-state index in [4.69, 9.17) is 9.84 Å². The summed E-state index contributed by atoms with van der Waals surface area (Å²) in [5.74, 6) is -2.32. The summed E-state index contributed by atoms with van der Waals surface area (Å²) in [4.78, 5) is 0.402. The monoisotopic (exact) mass is 204 g/mol. The van der Waals surface area contributed by atoms with Gasteiger partial charge in [0.15, 0.2) is 17.3 Å². The summed E-state index contributed by atoms with van der Waals surface area (Å²) in [5, 5.41) is 8.92. The van der Waals surface area contributed by atoms with Crippen molar-refractivity contribution in [3.63, 3.8) is 0 Å². The number of aromatic hydroxyl groups is 1. The lowest BCUT2D eigenvalue weighted by molar-refractivity contribution is 0.296. The van der Waals surface area contributed by atoms with Gasteiger partial charge in [0.2, 0.25) is 5.82 Å². The van der Waals surface area contributed by atoms with E-state index in [1.165, 1.54) is 11.8 Å². The van der Waals surface area contributed by atoms with Gasteiger partial charge in [-0.05, 0) is 6.07 Å². The van der Waals surface area contributed by atoms with Crippen LogP contribution in [-0.4, -0.2) is 17.5 Å². The molecule has 0 unspecified atom stereocenters. The quantitative estimate of drug-likeness (QED) is 0.702. The van der Waals surface area contributed by atoms with Crippen LogP contribution in [0.25, 0.3) is 0 Å². The molecule has 5 heteroatoms. The molecule has 0 fully saturated rings. The van der Waals surface area contributed by atoms with Gasteiger partial charge in [0.1, 0.15) is 0 Å². The maximum atomic E-state index is 13.1. The van der Waals surface area contributed by atoms with Crippen LogP contribution in [0, 0.1) is 11.6 Å². The van der Waals surface area contributed by atoms with Crippen molar-refractivity contribution in [2.75, 3.05) is 12.4 Å². The molecule has 0 atom stereocenters. The van der Waals surface area contributed by atoms with Crippen LogP contribution in [0.1, 0.15) is 0 Å². The SMILES string of the molecule is Oc1c(F)cc2c(c1F)OCCS2. The number of halogens is 2. The summed E-state index contributed by atoms with van der Waals surface area (Å²) < 4.78 is 30.9. The summed E-state index contributed by atoms with van der Waals surface area (Å²) >= 11 is 1.31. The first kappa shape index (κ1) is 8.62. The van der Waals surface area contributed by atoms with Gasteiger partial charge >= 0.3 is 0 Å². The summed E-state index contributed by atoms with van der Waals surface area (Å²) in [7, 11) is 0. The van der Waals surface area contributed by atoms with Crippen molar-refractivity contribution in [2.24, 2.45) is 0 Å². The van der Waals surface area contributed by atoms with E-state index in [0.29, 0.717) is 17.3 Å². The number of phenols is 1. The molecule has 0 aliphatic carbocycles. The van der Waals surface area contributed by atoms with Gasteiger partial charge in [0.05, 0.1) is 11.5 Å². The maximum Gasteiger partial charge on any atom is 0.210 e. The number of ether oxygens (including phenoxy) is 1. The molecule has 0 radical (unpaired) electrons. The van der Waals surface area contributed by atoms with Crippen molar-refractivity contribution >= 4 is 11.8 Å². The van der Waals surface area contributed by atoms with Gasteiger partial charge in [0.25, 0.3) is 0 Å². The number of fused-ring (bicyclic) bond motifs is 1. The van der Waals surface area contributed by atoms with Crippen molar-refractivity contribution < 1.29 is 18.6 Å². The van der Waals surface area contributed by atoms with Crippen LogP contribution in [0.2, 0.25) is 0 Å². The minimum absolute atomic E-state index is 0.0462. The van der Waals surface area contributed by atoms with Crippen LogP contribution in [0.5, 0.6) is 11.5 Å². The first-order valence-electron chi connectivity index (χ1n) is 3.66. The highest BCUT2D eigenvalue weighted by Crippen LogP contribution is 2.40. The van der Waals surface area contributed by atoms with E-state index < -0.39 is 17.4 Å². The maximum absolute atomic E-state index is 13.1. The van der Waals surface area contributed by atoms with Crippen LogP contribution in [-0.2, 0) is 0 Å². The second-order valence-corrected chi connectivity index (χ2v) is 3.68. The minimum Gasteiger partial charge on any atom is -0.503 e. The third-order valence-corrected chi connectivity index (χ3v) is 2.69. The van der Waals surface area contributed by atoms with Gasteiger partial charge < -0.3 is 9.84 Å². The second kappa shape index (κ2) is 3.06. The predicted molar refractivity (Wildman–Crippen MR) is 44.2 cm³/mol. The predicted octanol–water partition coefficient (Wildman–Crippen LogP) is 2.15. The lowest BCUT2D eigenvalue weighted by atomic mass is 10.3. The molecule has 1 aromatic rings. The van der Waals surface area contributed by atoms with Crippen LogP contribution in [0.3, 0.4) is 0 Å². The normalized spacial score (nSPS) is 14.9. The zero-order chi connectivity index (χ0) is 9.42. The van der Waals surface area contributed by atoms with Crippen molar-refractivity contribution in [2.45, 2.75) is 4.90 Å². The van der Waals surface area contributed by atoms with Crippen molar-refractivity contribution in [1.82, 2.24) is 0 Å². The highest BCUT2D eigenvalue weighted by atomic mass is 32.2. The van der Waals surface area contributed by atoms with Crippen LogP contribution >= 0.6 is 11.8 Å². The van der Waals surface area contributed by atoms with Crippen LogP contribution < -0.4 is 4.74 Å². The number of phenolic OH excluding ortho intramolecular Hbond substituents is 1. The smallest absolute Gasteiger partial charge is 0.210 e. The molecule has 0 aromatic heterocycles. The van der Waals surface area contributed by atoms with Crippen molar-refractivity contribution in [1.29, 1.82) is 0 Å². The second-order valence-electron chi connectivity index (χ2n) is 2.55. The molecule has 1 aromatic carbocycles. The molecule has 0 bridgehead atoms. The fourth-order valence-corrected chi connectivity index (χ4v) is 1.96. The Balaban J connectivity index is 2.60. The standard InChI is InChI=1S/C8H6F2O2S/c9-4-3-5-8(6(10)7(4)11)12-1-2-13-5/h3,11H,1-2H2. The average molecular weight is 204 g/mol. The zero-order valence-electron chi connectivity index (χ0n) is 6.51. The number of hydrogen-bond donors (Lipinski definition) is 1. The fraction of sp³-hybridized carbons (Fsp3) is 0.250. The molecule has 1 N–H and O–H groups in total. The Bertz CT molecular complexity index is 354. The summed E-state index contributed by atoms with van der Waals surface area (Å²) in [6.07, 6.45) is 0. The molecule has 2 rings (SSSR count). The minimum atomic E-state index is -1.01. The molecule has 1 heterocycles. The molecule has 0 amide bonds. The zero-order valence-corrected chi connectivity index (χ0v) is 7.33. The van der Waals surface area contributed by atoms with E-state index in [-0.39, 0.29) is 5.75 Å². The number of benzene rings is 1. The van der Waals surface area contributed by atoms with E-state index in [0.717, 1.165) is 6.07 Å². The van der Waals surface area contributed by atoms with Gasteiger partial charge in [-0.25, -0.2) is 4.39 Å². The Labute approximate surface area is 77.5 Å². The Morgan fingerprint density at radius 1 is 1.46 bits per heavy atom. The lowest BCUT2D eigenvalue weighted by Gasteiger charge is -2.17. The molecule has 0 saturated carbocycles.